The van der Waals surface area contributed by atoms with Crippen molar-refractivity contribution in [3.63, 3.8) is 0 Å². The number of hydrogen-bond donors (Lipinski definition) is 1. The lowest BCUT2D eigenvalue weighted by atomic mass is 10.1. The van der Waals surface area contributed by atoms with Gasteiger partial charge in [-0.2, -0.15) is 0 Å². The Morgan fingerprint density at radius 2 is 2.28 bits per heavy atom. The maximum atomic E-state index is 10.7. The molecule has 1 aromatic heterocycles. The largest absolute Gasteiger partial charge is 0.472 e. The van der Waals surface area contributed by atoms with Gasteiger partial charge in [0.15, 0.2) is 0 Å². The van der Waals surface area contributed by atoms with Gasteiger partial charge in [0.1, 0.15) is 0 Å². The third kappa shape index (κ3) is 2.95. The second-order valence-corrected chi connectivity index (χ2v) is 4.09. The molecule has 0 amide bonds. The standard InChI is InChI=1S/C13H14N2O3/c1-10(12-5-6-18-9-12)14-8-11-3-2-4-13(7-11)15(16)17/h2-7,9-10,14H,8H2,1H3. The topological polar surface area (TPSA) is 68.3 Å². The molecular formula is C13H14N2O3. The van der Waals surface area contributed by atoms with Crippen molar-refractivity contribution in [3.8, 4) is 0 Å². The third-order valence-corrected chi connectivity index (χ3v) is 2.78. The van der Waals surface area contributed by atoms with E-state index in [1.54, 1.807) is 24.7 Å². The van der Waals surface area contributed by atoms with Crippen LogP contribution in [0.5, 0.6) is 0 Å². The number of nitro groups is 1. The van der Waals surface area contributed by atoms with Crippen LogP contribution in [0.25, 0.3) is 0 Å². The number of rotatable bonds is 5. The first-order valence-corrected chi connectivity index (χ1v) is 5.65. The summed E-state index contributed by atoms with van der Waals surface area (Å²) in [7, 11) is 0. The molecule has 5 nitrogen and oxygen atoms in total. The lowest BCUT2D eigenvalue weighted by Crippen LogP contribution is -2.17. The van der Waals surface area contributed by atoms with Crippen molar-refractivity contribution in [1.29, 1.82) is 0 Å². The molecule has 0 radical (unpaired) electrons. The molecule has 1 N–H and O–H groups in total. The number of non-ortho nitro benzene ring substituents is 1. The smallest absolute Gasteiger partial charge is 0.269 e. The summed E-state index contributed by atoms with van der Waals surface area (Å²) >= 11 is 0. The van der Waals surface area contributed by atoms with Crippen LogP contribution in [0.4, 0.5) is 5.69 Å². The molecule has 5 heteroatoms. The van der Waals surface area contributed by atoms with Crippen molar-refractivity contribution in [2.24, 2.45) is 0 Å². The summed E-state index contributed by atoms with van der Waals surface area (Å²) in [6, 6.07) is 8.66. The van der Waals surface area contributed by atoms with Gasteiger partial charge in [0.25, 0.3) is 5.69 Å². The summed E-state index contributed by atoms with van der Waals surface area (Å²) in [5.74, 6) is 0. The summed E-state index contributed by atoms with van der Waals surface area (Å²) in [6.07, 6.45) is 3.31. The second kappa shape index (κ2) is 5.46. The van der Waals surface area contributed by atoms with Crippen molar-refractivity contribution in [1.82, 2.24) is 5.32 Å². The van der Waals surface area contributed by atoms with E-state index >= 15 is 0 Å². The van der Waals surface area contributed by atoms with Crippen molar-refractivity contribution < 1.29 is 9.34 Å². The first-order chi connectivity index (χ1) is 8.66. The highest BCUT2D eigenvalue weighted by Gasteiger charge is 2.08. The Bertz CT molecular complexity index is 523. The summed E-state index contributed by atoms with van der Waals surface area (Å²) in [4.78, 5) is 10.3. The van der Waals surface area contributed by atoms with Crippen molar-refractivity contribution >= 4 is 5.69 Å². The highest BCUT2D eigenvalue weighted by Crippen LogP contribution is 2.16. The number of furan rings is 1. The van der Waals surface area contributed by atoms with Gasteiger partial charge in [-0.3, -0.25) is 10.1 Å². The van der Waals surface area contributed by atoms with Crippen molar-refractivity contribution in [2.45, 2.75) is 19.5 Å². The van der Waals surface area contributed by atoms with E-state index in [0.717, 1.165) is 11.1 Å². The summed E-state index contributed by atoms with van der Waals surface area (Å²) in [5.41, 5.74) is 2.06. The molecule has 0 fully saturated rings. The average molecular weight is 246 g/mol. The molecule has 0 bridgehead atoms. The van der Waals surface area contributed by atoms with Crippen LogP contribution in [0.1, 0.15) is 24.1 Å². The van der Waals surface area contributed by atoms with Gasteiger partial charge in [0.05, 0.1) is 17.4 Å². The average Bonchev–Trinajstić information content (AvgIpc) is 2.90. The van der Waals surface area contributed by atoms with Gasteiger partial charge < -0.3 is 9.73 Å². The van der Waals surface area contributed by atoms with Gasteiger partial charge in [0, 0.05) is 30.3 Å². The molecule has 1 atom stereocenters. The molecule has 0 aliphatic carbocycles. The Hall–Kier alpha value is -2.14. The van der Waals surface area contributed by atoms with E-state index in [0.29, 0.717) is 6.54 Å². The maximum Gasteiger partial charge on any atom is 0.269 e. The van der Waals surface area contributed by atoms with Crippen LogP contribution in [0.15, 0.2) is 47.3 Å². The van der Waals surface area contributed by atoms with E-state index in [1.165, 1.54) is 6.07 Å². The predicted molar refractivity (Wildman–Crippen MR) is 67.1 cm³/mol. The van der Waals surface area contributed by atoms with E-state index in [1.807, 2.05) is 19.1 Å². The minimum Gasteiger partial charge on any atom is -0.472 e. The van der Waals surface area contributed by atoms with E-state index < -0.39 is 0 Å². The molecule has 2 aromatic rings. The van der Waals surface area contributed by atoms with Crippen molar-refractivity contribution in [2.75, 3.05) is 0 Å². The zero-order valence-corrected chi connectivity index (χ0v) is 10.00. The van der Waals surface area contributed by atoms with Crippen LogP contribution in [-0.4, -0.2) is 4.92 Å². The quantitative estimate of drug-likeness (QED) is 0.650. The zero-order chi connectivity index (χ0) is 13.0. The minimum atomic E-state index is -0.386. The predicted octanol–water partition coefficient (Wildman–Crippen LogP) is 3.04. The highest BCUT2D eigenvalue weighted by molar-refractivity contribution is 5.34. The molecule has 0 aliphatic heterocycles. The molecule has 0 aliphatic rings. The van der Waals surface area contributed by atoms with Crippen LogP contribution >= 0.6 is 0 Å². The fourth-order valence-electron chi connectivity index (χ4n) is 1.69. The molecule has 0 spiro atoms. The first-order valence-electron chi connectivity index (χ1n) is 5.65. The van der Waals surface area contributed by atoms with Gasteiger partial charge >= 0.3 is 0 Å². The van der Waals surface area contributed by atoms with Crippen LogP contribution in [0.3, 0.4) is 0 Å². The number of nitro benzene ring substituents is 1. The van der Waals surface area contributed by atoms with Crippen LogP contribution < -0.4 is 5.32 Å². The number of nitrogens with one attached hydrogen (secondary N) is 1. The van der Waals surface area contributed by atoms with Crippen molar-refractivity contribution in [3.05, 3.63) is 64.1 Å². The molecule has 1 unspecified atom stereocenters. The Morgan fingerprint density at radius 3 is 2.94 bits per heavy atom. The van der Waals surface area contributed by atoms with Gasteiger partial charge in [-0.15, -0.1) is 0 Å². The molecule has 0 saturated carbocycles. The lowest BCUT2D eigenvalue weighted by molar-refractivity contribution is -0.384. The van der Waals surface area contributed by atoms with Crippen LogP contribution in [0, 0.1) is 10.1 Å². The lowest BCUT2D eigenvalue weighted by Gasteiger charge is -2.11. The maximum absolute atomic E-state index is 10.7. The van der Waals surface area contributed by atoms with Crippen LogP contribution in [-0.2, 0) is 6.54 Å². The zero-order valence-electron chi connectivity index (χ0n) is 10.00. The number of hydrogen-bond acceptors (Lipinski definition) is 4. The van der Waals surface area contributed by atoms with Gasteiger partial charge in [-0.05, 0) is 18.6 Å². The second-order valence-electron chi connectivity index (χ2n) is 4.09. The SMILES string of the molecule is CC(NCc1cccc([N+](=O)[O-])c1)c1ccoc1. The number of nitrogens with zero attached hydrogens (tertiary/aromatic N) is 1. The first kappa shape index (κ1) is 12.3. The number of benzene rings is 1. The summed E-state index contributed by atoms with van der Waals surface area (Å²) in [5, 5.41) is 13.9. The molecule has 2 rings (SSSR count). The van der Waals surface area contributed by atoms with E-state index in [2.05, 4.69) is 5.32 Å². The molecular weight excluding hydrogens is 232 g/mol. The Kier molecular flexibility index (Phi) is 3.74. The van der Waals surface area contributed by atoms with Gasteiger partial charge in [-0.25, -0.2) is 0 Å². The normalized spacial score (nSPS) is 12.3. The van der Waals surface area contributed by atoms with E-state index in [9.17, 15) is 10.1 Å². The summed E-state index contributed by atoms with van der Waals surface area (Å²) in [6.45, 7) is 2.59. The van der Waals surface area contributed by atoms with Crippen LogP contribution in [0.2, 0.25) is 0 Å². The third-order valence-electron chi connectivity index (χ3n) is 2.78. The Morgan fingerprint density at radius 1 is 1.44 bits per heavy atom. The summed E-state index contributed by atoms with van der Waals surface area (Å²) < 4.78 is 5.01. The van der Waals surface area contributed by atoms with E-state index in [-0.39, 0.29) is 16.7 Å². The van der Waals surface area contributed by atoms with E-state index in [4.69, 9.17) is 4.42 Å². The molecule has 94 valence electrons. The minimum absolute atomic E-state index is 0.116. The molecule has 18 heavy (non-hydrogen) atoms. The van der Waals surface area contributed by atoms with Gasteiger partial charge in [0.2, 0.25) is 0 Å². The fraction of sp³-hybridized carbons (Fsp3) is 0.231. The monoisotopic (exact) mass is 246 g/mol. The Labute approximate surface area is 105 Å². The van der Waals surface area contributed by atoms with Gasteiger partial charge in [-0.1, -0.05) is 12.1 Å². The molecule has 0 saturated heterocycles. The molecule has 1 heterocycles. The fourth-order valence-corrected chi connectivity index (χ4v) is 1.69. The highest BCUT2D eigenvalue weighted by atomic mass is 16.6. The molecule has 1 aromatic carbocycles. The Balaban J connectivity index is 1.98.